The fraction of sp³-hybridized carbons (Fsp3) is 1.00. The van der Waals surface area contributed by atoms with Crippen molar-refractivity contribution in [3.8, 4) is 0 Å². The monoisotopic (exact) mass is 189 g/mol. The zero-order valence-electron chi connectivity index (χ0n) is 8.01. The van der Waals surface area contributed by atoms with Crippen molar-refractivity contribution in [2.24, 2.45) is 5.92 Å². The molecule has 0 aromatic carbocycles. The zero-order valence-corrected chi connectivity index (χ0v) is 8.82. The number of nitrogens with one attached hydrogen (secondary N) is 1. The third-order valence-electron chi connectivity index (χ3n) is 2.20. The molecule has 0 bridgehead atoms. The van der Waals surface area contributed by atoms with Crippen LogP contribution in [0.3, 0.4) is 0 Å². The van der Waals surface area contributed by atoms with E-state index in [1.807, 2.05) is 0 Å². The van der Waals surface area contributed by atoms with Gasteiger partial charge in [0.05, 0.1) is 0 Å². The van der Waals surface area contributed by atoms with E-state index in [0.29, 0.717) is 6.04 Å². The van der Waals surface area contributed by atoms with Crippen LogP contribution in [0.1, 0.15) is 26.7 Å². The average molecular weight is 189 g/mol. The van der Waals surface area contributed by atoms with Crippen LogP contribution in [0, 0.1) is 5.92 Å². The molecule has 0 radical (unpaired) electrons. The van der Waals surface area contributed by atoms with Crippen molar-refractivity contribution in [1.29, 1.82) is 0 Å². The first kappa shape index (κ1) is 10.2. The van der Waals surface area contributed by atoms with Crippen molar-refractivity contribution in [2.75, 3.05) is 18.1 Å². The van der Waals surface area contributed by atoms with Crippen molar-refractivity contribution < 1.29 is 4.21 Å². The molecule has 0 aliphatic carbocycles. The summed E-state index contributed by atoms with van der Waals surface area (Å²) in [6.45, 7) is 5.53. The first-order valence-corrected chi connectivity index (χ1v) is 6.25. The Bertz CT molecular complexity index is 149. The molecule has 0 atom stereocenters. The van der Waals surface area contributed by atoms with Gasteiger partial charge < -0.3 is 5.32 Å². The van der Waals surface area contributed by atoms with Crippen molar-refractivity contribution in [3.63, 3.8) is 0 Å². The van der Waals surface area contributed by atoms with Gasteiger partial charge in [0, 0.05) is 28.3 Å². The van der Waals surface area contributed by atoms with Crippen molar-refractivity contribution in [3.05, 3.63) is 0 Å². The minimum atomic E-state index is -0.515. The van der Waals surface area contributed by atoms with E-state index in [-0.39, 0.29) is 0 Å². The molecular weight excluding hydrogens is 170 g/mol. The Balaban J connectivity index is 2.13. The van der Waals surface area contributed by atoms with Crippen LogP contribution in [-0.2, 0) is 10.8 Å². The van der Waals surface area contributed by atoms with Gasteiger partial charge in [0.25, 0.3) is 0 Å². The summed E-state index contributed by atoms with van der Waals surface area (Å²) >= 11 is 0. The summed E-state index contributed by atoms with van der Waals surface area (Å²) < 4.78 is 11.0. The molecular formula is C9H19NOS. The SMILES string of the molecule is CC(C)CNC1CCS(=O)CC1. The normalized spacial score (nSPS) is 30.9. The molecule has 1 aliphatic rings. The fourth-order valence-electron chi connectivity index (χ4n) is 1.40. The standard InChI is InChI=1S/C9H19NOS/c1-8(2)7-10-9-3-5-12(11)6-4-9/h8-10H,3-7H2,1-2H3. The van der Waals surface area contributed by atoms with Crippen molar-refractivity contribution in [1.82, 2.24) is 5.32 Å². The van der Waals surface area contributed by atoms with Gasteiger partial charge in [-0.2, -0.15) is 0 Å². The first-order chi connectivity index (χ1) is 5.68. The zero-order chi connectivity index (χ0) is 8.97. The minimum Gasteiger partial charge on any atom is -0.314 e. The van der Waals surface area contributed by atoms with Gasteiger partial charge in [0.1, 0.15) is 0 Å². The Morgan fingerprint density at radius 3 is 2.50 bits per heavy atom. The highest BCUT2D eigenvalue weighted by molar-refractivity contribution is 7.85. The first-order valence-electron chi connectivity index (χ1n) is 4.77. The maximum absolute atomic E-state index is 11.0. The second-order valence-electron chi connectivity index (χ2n) is 3.92. The number of hydrogen-bond donors (Lipinski definition) is 1. The van der Waals surface area contributed by atoms with Gasteiger partial charge in [0.2, 0.25) is 0 Å². The van der Waals surface area contributed by atoms with Crippen LogP contribution in [0.4, 0.5) is 0 Å². The molecule has 1 heterocycles. The van der Waals surface area contributed by atoms with Gasteiger partial charge >= 0.3 is 0 Å². The van der Waals surface area contributed by atoms with E-state index in [1.54, 1.807) is 0 Å². The van der Waals surface area contributed by atoms with E-state index in [1.165, 1.54) is 0 Å². The fourth-order valence-corrected chi connectivity index (χ4v) is 2.70. The van der Waals surface area contributed by atoms with E-state index in [2.05, 4.69) is 19.2 Å². The topological polar surface area (TPSA) is 29.1 Å². The van der Waals surface area contributed by atoms with Gasteiger partial charge in [-0.25, -0.2) is 0 Å². The summed E-state index contributed by atoms with van der Waals surface area (Å²) in [6.07, 6.45) is 2.19. The van der Waals surface area contributed by atoms with Crippen LogP contribution in [-0.4, -0.2) is 28.3 Å². The van der Waals surface area contributed by atoms with Gasteiger partial charge in [0.15, 0.2) is 0 Å². The second-order valence-corrected chi connectivity index (χ2v) is 5.62. The molecule has 0 spiro atoms. The molecule has 3 heteroatoms. The summed E-state index contributed by atoms with van der Waals surface area (Å²) in [5.41, 5.74) is 0. The number of rotatable bonds is 3. The van der Waals surface area contributed by atoms with E-state index in [0.717, 1.165) is 36.8 Å². The lowest BCUT2D eigenvalue weighted by Gasteiger charge is -2.23. The molecule has 0 aromatic heterocycles. The van der Waals surface area contributed by atoms with Crippen LogP contribution < -0.4 is 5.32 Å². The Hall–Kier alpha value is 0.110. The van der Waals surface area contributed by atoms with Crippen LogP contribution >= 0.6 is 0 Å². The quantitative estimate of drug-likeness (QED) is 0.721. The van der Waals surface area contributed by atoms with Gasteiger partial charge in [-0.15, -0.1) is 0 Å². The third kappa shape index (κ3) is 3.68. The van der Waals surface area contributed by atoms with E-state index in [9.17, 15) is 4.21 Å². The molecule has 0 amide bonds. The Morgan fingerprint density at radius 2 is 2.00 bits per heavy atom. The van der Waals surface area contributed by atoms with Crippen LogP contribution in [0.5, 0.6) is 0 Å². The lowest BCUT2D eigenvalue weighted by molar-refractivity contribution is 0.438. The van der Waals surface area contributed by atoms with Crippen molar-refractivity contribution >= 4 is 10.8 Å². The molecule has 1 rings (SSSR count). The summed E-state index contributed by atoms with van der Waals surface area (Å²) in [4.78, 5) is 0. The van der Waals surface area contributed by atoms with Gasteiger partial charge in [-0.3, -0.25) is 4.21 Å². The second kappa shape index (κ2) is 4.97. The van der Waals surface area contributed by atoms with Crippen molar-refractivity contribution in [2.45, 2.75) is 32.7 Å². The third-order valence-corrected chi connectivity index (χ3v) is 3.58. The van der Waals surface area contributed by atoms with Crippen LogP contribution in [0.15, 0.2) is 0 Å². The summed E-state index contributed by atoms with van der Waals surface area (Å²) in [6, 6.07) is 0.630. The molecule has 1 N–H and O–H groups in total. The predicted molar refractivity (Wildman–Crippen MR) is 53.7 cm³/mol. The summed E-state index contributed by atoms with van der Waals surface area (Å²) in [7, 11) is -0.515. The largest absolute Gasteiger partial charge is 0.314 e. The smallest absolute Gasteiger partial charge is 0.0249 e. The molecule has 0 aromatic rings. The maximum Gasteiger partial charge on any atom is 0.0249 e. The molecule has 1 fully saturated rings. The van der Waals surface area contributed by atoms with Gasteiger partial charge in [-0.1, -0.05) is 13.8 Å². The minimum absolute atomic E-state index is 0.515. The lowest BCUT2D eigenvalue weighted by Crippen LogP contribution is -2.37. The molecule has 2 nitrogen and oxygen atoms in total. The molecule has 0 saturated carbocycles. The Kier molecular flexibility index (Phi) is 4.22. The van der Waals surface area contributed by atoms with Crippen LogP contribution in [0.25, 0.3) is 0 Å². The molecule has 12 heavy (non-hydrogen) atoms. The van der Waals surface area contributed by atoms with E-state index in [4.69, 9.17) is 0 Å². The predicted octanol–water partition coefficient (Wildman–Crippen LogP) is 1.14. The maximum atomic E-state index is 11.0. The number of hydrogen-bond acceptors (Lipinski definition) is 2. The average Bonchev–Trinajstić information content (AvgIpc) is 2.03. The Labute approximate surface area is 77.6 Å². The molecule has 1 aliphatic heterocycles. The van der Waals surface area contributed by atoms with E-state index < -0.39 is 10.8 Å². The highest BCUT2D eigenvalue weighted by Gasteiger charge is 2.16. The Morgan fingerprint density at radius 1 is 1.42 bits per heavy atom. The molecule has 72 valence electrons. The highest BCUT2D eigenvalue weighted by Crippen LogP contribution is 2.09. The molecule has 1 saturated heterocycles. The summed E-state index contributed by atoms with van der Waals surface area (Å²) in [5, 5.41) is 3.51. The highest BCUT2D eigenvalue weighted by atomic mass is 32.2. The summed E-state index contributed by atoms with van der Waals surface area (Å²) in [5.74, 6) is 2.52. The van der Waals surface area contributed by atoms with Crippen LogP contribution in [0.2, 0.25) is 0 Å². The lowest BCUT2D eigenvalue weighted by atomic mass is 10.1. The van der Waals surface area contributed by atoms with Gasteiger partial charge in [-0.05, 0) is 25.3 Å². The molecule has 0 unspecified atom stereocenters. The van der Waals surface area contributed by atoms with E-state index >= 15 is 0 Å².